The van der Waals surface area contributed by atoms with Crippen LogP contribution < -0.4 is 24.6 Å². The lowest BCUT2D eigenvalue weighted by Crippen LogP contribution is -2.49. The highest BCUT2D eigenvalue weighted by Crippen LogP contribution is 2.33. The van der Waals surface area contributed by atoms with Crippen molar-refractivity contribution in [2.75, 3.05) is 83.0 Å². The van der Waals surface area contributed by atoms with Gasteiger partial charge in [0, 0.05) is 52.4 Å². The summed E-state index contributed by atoms with van der Waals surface area (Å²) in [6.07, 6.45) is -0.237. The Balaban J connectivity index is 0.000000186. The van der Waals surface area contributed by atoms with Crippen molar-refractivity contribution >= 4 is 41.1 Å². The number of nitrogens with one attached hydrogen (secondary N) is 1. The lowest BCUT2D eigenvalue weighted by atomic mass is 10.2. The number of piperazine rings is 2. The molecule has 0 unspecified atom stereocenters. The third kappa shape index (κ3) is 8.38. The van der Waals surface area contributed by atoms with E-state index in [4.69, 9.17) is 14.2 Å². The van der Waals surface area contributed by atoms with Gasteiger partial charge >= 0.3 is 6.09 Å². The number of rotatable bonds is 8. The van der Waals surface area contributed by atoms with E-state index >= 15 is 0 Å². The Hall–Kier alpha value is -4.01. The van der Waals surface area contributed by atoms with E-state index in [1.807, 2.05) is 62.4 Å². The van der Waals surface area contributed by atoms with Crippen LogP contribution in [-0.4, -0.2) is 103 Å². The molecule has 0 atom stereocenters. The van der Waals surface area contributed by atoms with E-state index in [9.17, 15) is 4.79 Å². The van der Waals surface area contributed by atoms with Crippen LogP contribution in [0, 0.1) is 5.92 Å². The first-order valence-electron chi connectivity index (χ1n) is 15.0. The van der Waals surface area contributed by atoms with Gasteiger partial charge in [-0.05, 0) is 53.2 Å². The lowest BCUT2D eigenvalue weighted by Gasteiger charge is -2.33. The highest BCUT2D eigenvalue weighted by atomic mass is 32.1. The summed E-state index contributed by atoms with van der Waals surface area (Å²) in [5.74, 6) is 3.49. The van der Waals surface area contributed by atoms with E-state index in [1.165, 1.54) is 23.1 Å². The minimum Gasteiger partial charge on any atom is -0.496 e. The molecule has 4 aromatic rings. The fraction of sp³-hybridized carbons (Fsp3) is 0.452. The number of carbonyl (C=O) groups excluding carboxylic acids is 1. The summed E-state index contributed by atoms with van der Waals surface area (Å²) >= 11 is 2.78. The number of methoxy groups -OCH3 is 2. The lowest BCUT2D eigenvalue weighted by molar-refractivity contribution is 0.0900. The summed E-state index contributed by atoms with van der Waals surface area (Å²) in [6.45, 7) is 11.0. The van der Waals surface area contributed by atoms with Gasteiger partial charge in [-0.25, -0.2) is 4.79 Å². The van der Waals surface area contributed by atoms with Crippen molar-refractivity contribution in [2.24, 2.45) is 5.92 Å². The third-order valence-corrected chi connectivity index (χ3v) is 8.74. The van der Waals surface area contributed by atoms with Gasteiger partial charge in [-0.1, -0.05) is 38.1 Å². The second-order valence-electron chi connectivity index (χ2n) is 10.9. The normalized spacial score (nSPS) is 15.0. The van der Waals surface area contributed by atoms with Crippen LogP contribution in [0.4, 0.5) is 16.7 Å². The molecule has 1 amide bonds. The van der Waals surface area contributed by atoms with Gasteiger partial charge in [-0.15, -0.1) is 0 Å². The van der Waals surface area contributed by atoms with Crippen molar-refractivity contribution in [3.63, 3.8) is 0 Å². The monoisotopic (exact) mass is 652 g/mol. The molecule has 2 saturated heterocycles. The summed E-state index contributed by atoms with van der Waals surface area (Å²) in [5.41, 5.74) is 1.94. The highest BCUT2D eigenvalue weighted by Gasteiger charge is 2.25. The number of anilines is 2. The molecule has 2 aromatic heterocycles. The number of amides is 1. The van der Waals surface area contributed by atoms with E-state index in [2.05, 4.69) is 33.8 Å². The molecule has 0 radical (unpaired) electrons. The molecule has 240 valence electrons. The number of carbonyl (C=O) groups is 1. The zero-order valence-electron chi connectivity index (χ0n) is 26.1. The standard InChI is InChI=1S/C18H24N4O3S.C13H16N4OS/c1-13(2)12-25-18(23)22-10-8-21(9-11-22)17-19-16(26-20-17)14-6-4-5-7-15(14)24-3;1-18-11-5-3-2-4-10(11)12-15-13(16-19-12)17-8-6-14-7-9-17/h4-7,13H,8-12H2,1-3H3;2-5,14H,6-9H2,1H3. The Morgan fingerprint density at radius 3 is 1.76 bits per heavy atom. The number of nitrogens with zero attached hydrogens (tertiary/aromatic N) is 7. The van der Waals surface area contributed by atoms with Gasteiger partial charge in [-0.3, -0.25) is 0 Å². The highest BCUT2D eigenvalue weighted by molar-refractivity contribution is 7.09. The Morgan fingerprint density at radius 1 is 0.778 bits per heavy atom. The zero-order valence-corrected chi connectivity index (χ0v) is 27.8. The first-order chi connectivity index (χ1) is 22.0. The maximum atomic E-state index is 12.0. The average Bonchev–Trinajstić information content (AvgIpc) is 3.79. The van der Waals surface area contributed by atoms with E-state index in [1.54, 1.807) is 19.1 Å². The Kier molecular flexibility index (Phi) is 11.4. The smallest absolute Gasteiger partial charge is 0.409 e. The number of aromatic nitrogens is 4. The van der Waals surface area contributed by atoms with E-state index in [-0.39, 0.29) is 6.09 Å². The summed E-state index contributed by atoms with van der Waals surface area (Å²) in [5, 5.41) is 5.07. The van der Waals surface area contributed by atoms with Crippen LogP contribution in [0.5, 0.6) is 11.5 Å². The predicted molar refractivity (Wildman–Crippen MR) is 179 cm³/mol. The fourth-order valence-electron chi connectivity index (χ4n) is 4.83. The quantitative estimate of drug-likeness (QED) is 0.284. The summed E-state index contributed by atoms with van der Waals surface area (Å²) in [6, 6.07) is 15.7. The number of hydrogen-bond acceptors (Lipinski definition) is 13. The molecule has 0 spiro atoms. The summed E-state index contributed by atoms with van der Waals surface area (Å²) < 4.78 is 25.0. The number of ether oxygens (including phenoxy) is 3. The molecule has 12 nitrogen and oxygen atoms in total. The van der Waals surface area contributed by atoms with Crippen molar-refractivity contribution in [2.45, 2.75) is 13.8 Å². The minimum atomic E-state index is -0.237. The van der Waals surface area contributed by atoms with Crippen LogP contribution in [-0.2, 0) is 4.74 Å². The van der Waals surface area contributed by atoms with Gasteiger partial charge < -0.3 is 34.2 Å². The number of para-hydroxylation sites is 2. The number of hydrogen-bond donors (Lipinski definition) is 1. The molecule has 1 N–H and O–H groups in total. The molecule has 6 rings (SSSR count). The predicted octanol–water partition coefficient (Wildman–Crippen LogP) is 4.75. The van der Waals surface area contributed by atoms with Crippen molar-refractivity contribution in [1.82, 2.24) is 28.9 Å². The van der Waals surface area contributed by atoms with Crippen LogP contribution in [0.3, 0.4) is 0 Å². The minimum absolute atomic E-state index is 0.237. The number of benzene rings is 2. The van der Waals surface area contributed by atoms with Gasteiger partial charge in [0.1, 0.15) is 21.5 Å². The Bertz CT molecular complexity index is 1520. The van der Waals surface area contributed by atoms with Crippen LogP contribution in [0.1, 0.15) is 13.8 Å². The van der Waals surface area contributed by atoms with Crippen LogP contribution in [0.15, 0.2) is 48.5 Å². The molecule has 2 aliphatic rings. The van der Waals surface area contributed by atoms with Crippen LogP contribution in [0.25, 0.3) is 21.1 Å². The van der Waals surface area contributed by atoms with Gasteiger partial charge in [0.05, 0.1) is 32.0 Å². The third-order valence-electron chi connectivity index (χ3n) is 7.27. The molecule has 2 aromatic carbocycles. The van der Waals surface area contributed by atoms with Crippen LogP contribution >= 0.6 is 23.1 Å². The molecule has 14 heteroatoms. The summed E-state index contributed by atoms with van der Waals surface area (Å²) in [4.78, 5) is 27.4. The Morgan fingerprint density at radius 2 is 1.27 bits per heavy atom. The van der Waals surface area contributed by atoms with Crippen LogP contribution in [0.2, 0.25) is 0 Å². The first kappa shape index (κ1) is 32.4. The maximum absolute atomic E-state index is 12.0. The van der Waals surface area contributed by atoms with Gasteiger partial charge in [-0.2, -0.15) is 18.7 Å². The molecular weight excluding hydrogens is 613 g/mol. The molecule has 2 aliphatic heterocycles. The van der Waals surface area contributed by atoms with Gasteiger partial charge in [0.25, 0.3) is 0 Å². The zero-order chi connectivity index (χ0) is 31.6. The van der Waals surface area contributed by atoms with E-state index in [0.717, 1.165) is 64.8 Å². The molecule has 2 fully saturated rings. The van der Waals surface area contributed by atoms with Crippen molar-refractivity contribution in [3.8, 4) is 32.6 Å². The van der Waals surface area contributed by atoms with Crippen molar-refractivity contribution in [1.29, 1.82) is 0 Å². The molecule has 0 aliphatic carbocycles. The SMILES string of the molecule is COc1ccccc1-c1nc(N2CCN(C(=O)OCC(C)C)CC2)ns1.COc1ccccc1-c1nc(N2CCNCC2)ns1. The molecule has 0 saturated carbocycles. The van der Waals surface area contributed by atoms with E-state index < -0.39 is 0 Å². The molecular formula is C31H40N8O4S2. The van der Waals surface area contributed by atoms with Crippen molar-refractivity contribution < 1.29 is 19.0 Å². The first-order valence-corrected chi connectivity index (χ1v) is 16.6. The maximum Gasteiger partial charge on any atom is 0.409 e. The topological polar surface area (TPSA) is 118 Å². The molecule has 0 bridgehead atoms. The van der Waals surface area contributed by atoms with E-state index in [0.29, 0.717) is 44.7 Å². The Labute approximate surface area is 272 Å². The van der Waals surface area contributed by atoms with Crippen molar-refractivity contribution in [3.05, 3.63) is 48.5 Å². The molecule has 45 heavy (non-hydrogen) atoms. The summed E-state index contributed by atoms with van der Waals surface area (Å²) in [7, 11) is 3.33. The van der Waals surface area contributed by atoms with Gasteiger partial charge in [0.2, 0.25) is 11.9 Å². The van der Waals surface area contributed by atoms with Gasteiger partial charge in [0.15, 0.2) is 0 Å². The average molecular weight is 653 g/mol. The second kappa shape index (κ2) is 15.8. The fourth-order valence-corrected chi connectivity index (χ4v) is 6.26. The second-order valence-corrected chi connectivity index (χ2v) is 12.4. The molecule has 4 heterocycles. The largest absolute Gasteiger partial charge is 0.496 e.